The minimum atomic E-state index is -0.529. The van der Waals surface area contributed by atoms with Crippen LogP contribution in [0.1, 0.15) is 33.6 Å². The Morgan fingerprint density at radius 1 is 1.33 bits per heavy atom. The van der Waals surface area contributed by atoms with Crippen molar-refractivity contribution in [1.29, 1.82) is 0 Å². The van der Waals surface area contributed by atoms with Crippen molar-refractivity contribution in [2.24, 2.45) is 17.8 Å². The molecule has 0 saturated heterocycles. The Balaban J connectivity index is 1.55. The highest BCUT2D eigenvalue weighted by molar-refractivity contribution is 5.69. The molecule has 0 radical (unpaired) electrons. The van der Waals surface area contributed by atoms with E-state index in [4.69, 9.17) is 9.47 Å². The average molecular weight is 290 g/mol. The van der Waals surface area contributed by atoms with Gasteiger partial charge < -0.3 is 9.47 Å². The predicted octanol–water partition coefficient (Wildman–Crippen LogP) is 3.26. The first-order valence-corrected chi connectivity index (χ1v) is 7.52. The number of hydrogen-bond acceptors (Lipinski definition) is 4. The first-order chi connectivity index (χ1) is 9.92. The van der Waals surface area contributed by atoms with Crippen LogP contribution in [0.2, 0.25) is 0 Å². The first-order valence-electron chi connectivity index (χ1n) is 7.52. The minimum Gasteiger partial charge on any atom is -0.476 e. The van der Waals surface area contributed by atoms with Crippen LogP contribution in [0.4, 0.5) is 4.79 Å². The number of carbonyl (C=O) groups is 1. The summed E-state index contributed by atoms with van der Waals surface area (Å²) in [6.07, 6.45) is 8.23. The summed E-state index contributed by atoms with van der Waals surface area (Å²) in [4.78, 5) is 11.9. The summed E-state index contributed by atoms with van der Waals surface area (Å²) in [5.74, 6) is 2.36. The van der Waals surface area contributed by atoms with E-state index < -0.39 is 11.7 Å². The first kappa shape index (κ1) is 14.2. The van der Waals surface area contributed by atoms with Crippen LogP contribution >= 0.6 is 0 Å². The third kappa shape index (κ3) is 3.12. The largest absolute Gasteiger partial charge is 0.476 e. The lowest BCUT2D eigenvalue weighted by Crippen LogP contribution is -2.27. The maximum Gasteiger partial charge on any atom is 0.435 e. The highest BCUT2D eigenvalue weighted by Crippen LogP contribution is 2.44. The Morgan fingerprint density at radius 3 is 2.57 bits per heavy atom. The maximum atomic E-state index is 11.9. The van der Waals surface area contributed by atoms with Crippen LogP contribution in [0, 0.1) is 17.8 Å². The van der Waals surface area contributed by atoms with Crippen LogP contribution in [0.15, 0.2) is 24.4 Å². The van der Waals surface area contributed by atoms with Crippen molar-refractivity contribution >= 4 is 6.09 Å². The van der Waals surface area contributed by atoms with Gasteiger partial charge in [0.05, 0.1) is 6.61 Å². The van der Waals surface area contributed by atoms with Crippen molar-refractivity contribution in [3.05, 3.63) is 24.4 Å². The molecule has 1 aromatic heterocycles. The van der Waals surface area contributed by atoms with Gasteiger partial charge in [-0.05, 0) is 45.4 Å². The van der Waals surface area contributed by atoms with E-state index in [9.17, 15) is 4.79 Å². The van der Waals surface area contributed by atoms with Gasteiger partial charge in [0.25, 0.3) is 0 Å². The van der Waals surface area contributed by atoms with Crippen molar-refractivity contribution in [2.75, 3.05) is 6.61 Å². The van der Waals surface area contributed by atoms with E-state index in [0.717, 1.165) is 0 Å². The van der Waals surface area contributed by atoms with Gasteiger partial charge in [0.2, 0.25) is 5.88 Å². The van der Waals surface area contributed by atoms with E-state index in [2.05, 4.69) is 17.3 Å². The SMILES string of the molecule is CC(C)(C)OC(=O)n1ccc(OCC2C3C=CC2CC3)n1. The van der Waals surface area contributed by atoms with Gasteiger partial charge in [-0.1, -0.05) is 12.2 Å². The molecule has 0 aromatic carbocycles. The summed E-state index contributed by atoms with van der Waals surface area (Å²) in [5, 5.41) is 4.13. The molecule has 2 atom stereocenters. The molecule has 1 heterocycles. The van der Waals surface area contributed by atoms with Gasteiger partial charge in [-0.2, -0.15) is 4.68 Å². The molecule has 1 aromatic rings. The fourth-order valence-electron chi connectivity index (χ4n) is 3.12. The normalized spacial score (nSPS) is 27.1. The Morgan fingerprint density at radius 2 is 2.00 bits per heavy atom. The van der Waals surface area contributed by atoms with E-state index in [1.54, 1.807) is 12.3 Å². The fourth-order valence-corrected chi connectivity index (χ4v) is 3.12. The van der Waals surface area contributed by atoms with Gasteiger partial charge in [0, 0.05) is 18.2 Å². The third-order valence-corrected chi connectivity index (χ3v) is 4.11. The second-order valence-corrected chi connectivity index (χ2v) is 6.84. The molecular formula is C16H22N2O3. The average Bonchev–Trinajstić information content (AvgIpc) is 3.09. The topological polar surface area (TPSA) is 53.4 Å². The van der Waals surface area contributed by atoms with Crippen molar-refractivity contribution < 1.29 is 14.3 Å². The summed E-state index contributed by atoms with van der Waals surface area (Å²) in [5.41, 5.74) is -0.529. The molecule has 1 fully saturated rings. The zero-order valence-corrected chi connectivity index (χ0v) is 12.8. The summed E-state index contributed by atoms with van der Waals surface area (Å²) in [7, 11) is 0. The maximum absolute atomic E-state index is 11.9. The Hall–Kier alpha value is -1.78. The number of rotatable bonds is 3. The van der Waals surface area contributed by atoms with E-state index >= 15 is 0 Å². The lowest BCUT2D eigenvalue weighted by Gasteiger charge is -2.18. The van der Waals surface area contributed by atoms with E-state index in [-0.39, 0.29) is 0 Å². The summed E-state index contributed by atoms with van der Waals surface area (Å²) in [6, 6.07) is 1.70. The third-order valence-electron chi connectivity index (χ3n) is 4.11. The molecule has 2 aliphatic rings. The van der Waals surface area contributed by atoms with Crippen LogP contribution < -0.4 is 4.74 Å². The zero-order valence-electron chi connectivity index (χ0n) is 12.8. The monoisotopic (exact) mass is 290 g/mol. The number of fused-ring (bicyclic) bond motifs is 2. The Bertz CT molecular complexity index is 542. The molecule has 2 unspecified atom stereocenters. The quantitative estimate of drug-likeness (QED) is 0.802. The lowest BCUT2D eigenvalue weighted by molar-refractivity contribution is 0.0511. The number of hydrogen-bond donors (Lipinski definition) is 0. The summed E-state index contributed by atoms with van der Waals surface area (Å²) >= 11 is 0. The standard InChI is InChI=1S/C16H22N2O3/c1-16(2,3)21-15(19)18-9-8-14(17-18)20-10-13-11-4-5-12(13)7-6-11/h4-5,8-9,11-13H,6-7,10H2,1-3H3. The van der Waals surface area contributed by atoms with Crippen LogP contribution in [-0.2, 0) is 4.74 Å². The molecule has 0 N–H and O–H groups in total. The Kier molecular flexibility index (Phi) is 3.51. The molecule has 0 spiro atoms. The van der Waals surface area contributed by atoms with Crippen LogP contribution in [0.25, 0.3) is 0 Å². The van der Waals surface area contributed by atoms with Gasteiger partial charge in [0.1, 0.15) is 5.60 Å². The van der Waals surface area contributed by atoms with Crippen molar-refractivity contribution in [1.82, 2.24) is 9.78 Å². The molecule has 0 amide bonds. The predicted molar refractivity (Wildman–Crippen MR) is 78.2 cm³/mol. The van der Waals surface area contributed by atoms with Gasteiger partial charge in [-0.25, -0.2) is 4.79 Å². The van der Waals surface area contributed by atoms with Gasteiger partial charge in [0.15, 0.2) is 0 Å². The molecule has 21 heavy (non-hydrogen) atoms. The molecule has 0 aliphatic heterocycles. The number of ether oxygens (including phenoxy) is 2. The zero-order chi connectivity index (χ0) is 15.0. The molecule has 5 heteroatoms. The van der Waals surface area contributed by atoms with Crippen molar-refractivity contribution in [3.63, 3.8) is 0 Å². The van der Waals surface area contributed by atoms with Crippen molar-refractivity contribution in [3.8, 4) is 5.88 Å². The molecule has 5 nitrogen and oxygen atoms in total. The Labute approximate surface area is 124 Å². The molecular weight excluding hydrogens is 268 g/mol. The minimum absolute atomic E-state index is 0.479. The van der Waals surface area contributed by atoms with Gasteiger partial charge >= 0.3 is 6.09 Å². The van der Waals surface area contributed by atoms with E-state index in [0.29, 0.717) is 30.2 Å². The molecule has 2 aliphatic carbocycles. The number of nitrogens with zero attached hydrogens (tertiary/aromatic N) is 2. The smallest absolute Gasteiger partial charge is 0.435 e. The van der Waals surface area contributed by atoms with E-state index in [1.165, 1.54) is 17.5 Å². The highest BCUT2D eigenvalue weighted by atomic mass is 16.6. The second-order valence-electron chi connectivity index (χ2n) is 6.84. The lowest BCUT2D eigenvalue weighted by atomic mass is 9.98. The van der Waals surface area contributed by atoms with E-state index in [1.807, 2.05) is 20.8 Å². The van der Waals surface area contributed by atoms with Crippen molar-refractivity contribution in [2.45, 2.75) is 39.2 Å². The number of allylic oxidation sites excluding steroid dienone is 2. The molecule has 114 valence electrons. The summed E-state index contributed by atoms with van der Waals surface area (Å²) < 4.78 is 12.2. The summed E-state index contributed by atoms with van der Waals surface area (Å²) in [6.45, 7) is 6.14. The highest BCUT2D eigenvalue weighted by Gasteiger charge is 2.38. The van der Waals surface area contributed by atoms with Crippen LogP contribution in [0.5, 0.6) is 5.88 Å². The van der Waals surface area contributed by atoms with Gasteiger partial charge in [-0.15, -0.1) is 5.10 Å². The molecule has 3 rings (SSSR count). The molecule has 1 saturated carbocycles. The number of aromatic nitrogens is 2. The second kappa shape index (κ2) is 5.20. The number of carbonyl (C=O) groups excluding carboxylic acids is 1. The fraction of sp³-hybridized carbons (Fsp3) is 0.625. The van der Waals surface area contributed by atoms with Crippen LogP contribution in [-0.4, -0.2) is 28.1 Å². The van der Waals surface area contributed by atoms with Crippen LogP contribution in [0.3, 0.4) is 0 Å². The van der Waals surface area contributed by atoms with Gasteiger partial charge in [-0.3, -0.25) is 0 Å². The molecule has 2 bridgehead atoms.